The molecule has 152 valence electrons. The molecule has 0 N–H and O–H groups in total. The van der Waals surface area contributed by atoms with Crippen LogP contribution in [0.4, 0.5) is 4.39 Å². The second kappa shape index (κ2) is 9.49. The van der Waals surface area contributed by atoms with E-state index in [4.69, 9.17) is 4.74 Å². The highest BCUT2D eigenvalue weighted by Gasteiger charge is 2.30. The van der Waals surface area contributed by atoms with Gasteiger partial charge in [0.25, 0.3) is 0 Å². The van der Waals surface area contributed by atoms with Crippen molar-refractivity contribution in [1.82, 2.24) is 9.80 Å². The SMILES string of the molecule is CN(CC1CCN(CCc2cccc(F)c2)CC1)C[C@@H]1CCOC(C)(C)C1. The summed E-state index contributed by atoms with van der Waals surface area (Å²) in [4.78, 5) is 5.10. The highest BCUT2D eigenvalue weighted by Crippen LogP contribution is 2.29. The molecule has 0 bridgehead atoms. The molecule has 0 radical (unpaired) electrons. The molecule has 1 aromatic rings. The van der Waals surface area contributed by atoms with Crippen LogP contribution in [0.2, 0.25) is 0 Å². The summed E-state index contributed by atoms with van der Waals surface area (Å²) in [6.07, 6.45) is 5.89. The number of piperidine rings is 1. The fraction of sp³-hybridized carbons (Fsp3) is 0.739. The monoisotopic (exact) mass is 376 g/mol. The highest BCUT2D eigenvalue weighted by atomic mass is 19.1. The zero-order chi connectivity index (χ0) is 19.3. The molecule has 3 nitrogen and oxygen atoms in total. The van der Waals surface area contributed by atoms with Gasteiger partial charge >= 0.3 is 0 Å². The minimum atomic E-state index is -0.123. The quantitative estimate of drug-likeness (QED) is 0.709. The molecule has 2 aliphatic rings. The lowest BCUT2D eigenvalue weighted by Gasteiger charge is -2.38. The zero-order valence-corrected chi connectivity index (χ0v) is 17.4. The van der Waals surface area contributed by atoms with Crippen LogP contribution in [0.5, 0.6) is 0 Å². The van der Waals surface area contributed by atoms with Crippen molar-refractivity contribution in [2.24, 2.45) is 11.8 Å². The van der Waals surface area contributed by atoms with E-state index < -0.39 is 0 Å². The summed E-state index contributed by atoms with van der Waals surface area (Å²) in [5.41, 5.74) is 1.16. The average molecular weight is 377 g/mol. The molecule has 2 aliphatic heterocycles. The van der Waals surface area contributed by atoms with E-state index in [0.717, 1.165) is 37.0 Å². The van der Waals surface area contributed by atoms with Crippen LogP contribution in [0, 0.1) is 17.7 Å². The third-order valence-corrected chi connectivity index (χ3v) is 6.25. The molecule has 2 heterocycles. The molecule has 0 amide bonds. The van der Waals surface area contributed by atoms with E-state index in [1.165, 1.54) is 57.9 Å². The lowest BCUT2D eigenvalue weighted by molar-refractivity contribution is -0.0764. The molecule has 0 spiro atoms. The average Bonchev–Trinajstić information content (AvgIpc) is 2.60. The fourth-order valence-corrected chi connectivity index (χ4v) is 4.84. The first-order valence-electron chi connectivity index (χ1n) is 10.7. The summed E-state index contributed by atoms with van der Waals surface area (Å²) < 4.78 is 19.1. The minimum absolute atomic E-state index is 0.0523. The zero-order valence-electron chi connectivity index (χ0n) is 17.4. The van der Waals surface area contributed by atoms with Gasteiger partial charge in [0, 0.05) is 26.2 Å². The van der Waals surface area contributed by atoms with Gasteiger partial charge in [-0.3, -0.25) is 0 Å². The van der Waals surface area contributed by atoms with Crippen LogP contribution in [0.3, 0.4) is 0 Å². The number of hydrogen-bond donors (Lipinski definition) is 0. The number of rotatable bonds is 7. The number of ether oxygens (including phenoxy) is 1. The van der Waals surface area contributed by atoms with Crippen LogP contribution in [-0.4, -0.2) is 61.8 Å². The Morgan fingerprint density at radius 3 is 2.59 bits per heavy atom. The van der Waals surface area contributed by atoms with Gasteiger partial charge in [-0.1, -0.05) is 12.1 Å². The Morgan fingerprint density at radius 2 is 1.89 bits per heavy atom. The Labute approximate surface area is 164 Å². The number of likely N-dealkylation sites (tertiary alicyclic amines) is 1. The molecule has 0 unspecified atom stereocenters. The summed E-state index contributed by atoms with van der Waals surface area (Å²) in [7, 11) is 2.29. The third-order valence-electron chi connectivity index (χ3n) is 6.25. The normalized spacial score (nSPS) is 24.4. The number of nitrogens with zero attached hydrogens (tertiary/aromatic N) is 2. The van der Waals surface area contributed by atoms with Crippen molar-refractivity contribution in [1.29, 1.82) is 0 Å². The smallest absolute Gasteiger partial charge is 0.123 e. The Hall–Kier alpha value is -0.970. The lowest BCUT2D eigenvalue weighted by atomic mass is 9.87. The molecule has 1 atom stereocenters. The van der Waals surface area contributed by atoms with E-state index in [1.807, 2.05) is 12.1 Å². The van der Waals surface area contributed by atoms with E-state index in [0.29, 0.717) is 0 Å². The van der Waals surface area contributed by atoms with E-state index in [1.54, 1.807) is 6.07 Å². The van der Waals surface area contributed by atoms with Gasteiger partial charge in [0.2, 0.25) is 0 Å². The number of halogens is 1. The van der Waals surface area contributed by atoms with Gasteiger partial charge in [-0.15, -0.1) is 0 Å². The molecular weight excluding hydrogens is 339 g/mol. The Balaban J connectivity index is 1.34. The van der Waals surface area contributed by atoms with Gasteiger partial charge in [0.15, 0.2) is 0 Å². The van der Waals surface area contributed by atoms with E-state index >= 15 is 0 Å². The summed E-state index contributed by atoms with van der Waals surface area (Å²) in [6, 6.07) is 7.03. The highest BCUT2D eigenvalue weighted by molar-refractivity contribution is 5.16. The third kappa shape index (κ3) is 6.85. The van der Waals surface area contributed by atoms with Crippen molar-refractivity contribution < 1.29 is 9.13 Å². The topological polar surface area (TPSA) is 15.7 Å². The predicted molar refractivity (Wildman–Crippen MR) is 110 cm³/mol. The van der Waals surface area contributed by atoms with Crippen molar-refractivity contribution in [3.63, 3.8) is 0 Å². The van der Waals surface area contributed by atoms with Gasteiger partial charge in [-0.2, -0.15) is 0 Å². The summed E-state index contributed by atoms with van der Waals surface area (Å²) in [6.45, 7) is 11.2. The molecule has 2 fully saturated rings. The van der Waals surface area contributed by atoms with Crippen LogP contribution < -0.4 is 0 Å². The van der Waals surface area contributed by atoms with E-state index in [2.05, 4.69) is 30.7 Å². The Morgan fingerprint density at radius 1 is 1.15 bits per heavy atom. The van der Waals surface area contributed by atoms with Crippen LogP contribution in [0.1, 0.15) is 45.1 Å². The summed E-state index contributed by atoms with van der Waals surface area (Å²) in [5, 5.41) is 0. The van der Waals surface area contributed by atoms with Gasteiger partial charge in [-0.25, -0.2) is 4.39 Å². The second-order valence-electron chi connectivity index (χ2n) is 9.35. The summed E-state index contributed by atoms with van der Waals surface area (Å²) in [5.74, 6) is 1.46. The van der Waals surface area contributed by atoms with Crippen molar-refractivity contribution >= 4 is 0 Å². The largest absolute Gasteiger partial charge is 0.376 e. The first-order valence-corrected chi connectivity index (χ1v) is 10.7. The standard InChI is InChI=1S/C23H37FN2O/c1-23(2)16-21(10-14-27-23)18-25(3)17-20-8-12-26(13-9-20)11-7-19-5-4-6-22(24)15-19/h4-6,15,20-21H,7-14,16-18H2,1-3H3/t21-/m1/s1. The van der Waals surface area contributed by atoms with E-state index in [9.17, 15) is 4.39 Å². The fourth-order valence-electron chi connectivity index (χ4n) is 4.84. The van der Waals surface area contributed by atoms with E-state index in [-0.39, 0.29) is 11.4 Å². The molecule has 3 rings (SSSR count). The van der Waals surface area contributed by atoms with Crippen LogP contribution >= 0.6 is 0 Å². The van der Waals surface area contributed by atoms with Crippen LogP contribution in [-0.2, 0) is 11.2 Å². The first-order chi connectivity index (χ1) is 12.9. The Kier molecular flexibility index (Phi) is 7.29. The number of benzene rings is 1. The first kappa shape index (κ1) is 20.8. The lowest BCUT2D eigenvalue weighted by Crippen LogP contribution is -2.42. The van der Waals surface area contributed by atoms with Crippen molar-refractivity contribution in [2.75, 3.05) is 46.4 Å². The van der Waals surface area contributed by atoms with Crippen molar-refractivity contribution in [3.05, 3.63) is 35.6 Å². The number of hydrogen-bond acceptors (Lipinski definition) is 3. The van der Waals surface area contributed by atoms with Gasteiger partial charge in [-0.05, 0) is 95.6 Å². The molecule has 1 aromatic carbocycles. The van der Waals surface area contributed by atoms with Gasteiger partial charge < -0.3 is 14.5 Å². The van der Waals surface area contributed by atoms with Gasteiger partial charge in [0.05, 0.1) is 5.60 Å². The minimum Gasteiger partial charge on any atom is -0.376 e. The molecule has 27 heavy (non-hydrogen) atoms. The second-order valence-corrected chi connectivity index (χ2v) is 9.35. The Bertz CT molecular complexity index is 583. The molecule has 2 saturated heterocycles. The van der Waals surface area contributed by atoms with Gasteiger partial charge in [0.1, 0.15) is 5.82 Å². The molecule has 0 saturated carbocycles. The summed E-state index contributed by atoms with van der Waals surface area (Å²) >= 11 is 0. The molecular formula is C23H37FN2O. The molecule has 4 heteroatoms. The molecule has 0 aromatic heterocycles. The maximum atomic E-state index is 13.3. The molecule has 0 aliphatic carbocycles. The van der Waals surface area contributed by atoms with Crippen LogP contribution in [0.15, 0.2) is 24.3 Å². The van der Waals surface area contributed by atoms with Crippen molar-refractivity contribution in [3.8, 4) is 0 Å². The maximum Gasteiger partial charge on any atom is 0.123 e. The van der Waals surface area contributed by atoms with Crippen molar-refractivity contribution in [2.45, 2.75) is 51.6 Å². The maximum absolute atomic E-state index is 13.3. The predicted octanol–water partition coefficient (Wildman–Crippen LogP) is 4.22. The van der Waals surface area contributed by atoms with Crippen LogP contribution in [0.25, 0.3) is 0 Å².